The predicted molar refractivity (Wildman–Crippen MR) is 94.9 cm³/mol. The first kappa shape index (κ1) is 20.2. The molecule has 1 aliphatic rings. The van der Waals surface area contributed by atoms with Crippen LogP contribution in [0.2, 0.25) is 0 Å². The molecule has 1 saturated heterocycles. The zero-order chi connectivity index (χ0) is 19.2. The number of ether oxygens (including phenoxy) is 1. The minimum atomic E-state index is -3.30. The quantitative estimate of drug-likeness (QED) is 0.735. The van der Waals surface area contributed by atoms with E-state index in [-0.39, 0.29) is 25.5 Å². The normalized spacial score (nSPS) is 19.5. The molecule has 26 heavy (non-hydrogen) atoms. The third kappa shape index (κ3) is 6.30. The second-order valence-electron chi connectivity index (χ2n) is 6.46. The highest BCUT2D eigenvalue weighted by molar-refractivity contribution is 7.88. The van der Waals surface area contributed by atoms with Crippen molar-refractivity contribution in [2.24, 2.45) is 5.92 Å². The average Bonchev–Trinajstić information content (AvgIpc) is 2.60. The zero-order valence-corrected chi connectivity index (χ0v) is 15.4. The van der Waals surface area contributed by atoms with E-state index in [9.17, 15) is 23.1 Å². The molecule has 1 amide bonds. The van der Waals surface area contributed by atoms with Crippen molar-refractivity contribution in [3.05, 3.63) is 35.9 Å². The highest BCUT2D eigenvalue weighted by Crippen LogP contribution is 2.23. The number of carbonyl (C=O) groups excluding carboxylic acids is 1. The molecule has 0 bridgehead atoms. The lowest BCUT2D eigenvalue weighted by Gasteiger charge is -2.32. The summed E-state index contributed by atoms with van der Waals surface area (Å²) in [5.74, 6) is -1.30. The van der Waals surface area contributed by atoms with E-state index < -0.39 is 28.1 Å². The van der Waals surface area contributed by atoms with Crippen LogP contribution in [-0.2, 0) is 26.2 Å². The Morgan fingerprint density at radius 1 is 1.35 bits per heavy atom. The molecule has 144 valence electrons. The minimum Gasteiger partial charge on any atom is -0.480 e. The number of amides is 1. The van der Waals surface area contributed by atoms with Crippen molar-refractivity contribution in [1.82, 2.24) is 9.62 Å². The molecule has 8 nitrogen and oxygen atoms in total. The maximum absolute atomic E-state index is 11.9. The Balaban J connectivity index is 1.88. The number of nitrogens with one attached hydrogen (secondary N) is 1. The molecular formula is C17H24N2O6S. The van der Waals surface area contributed by atoms with Gasteiger partial charge in [-0.3, -0.25) is 0 Å². The van der Waals surface area contributed by atoms with Gasteiger partial charge >= 0.3 is 12.1 Å². The first-order valence-electron chi connectivity index (χ1n) is 8.41. The highest BCUT2D eigenvalue weighted by atomic mass is 32.2. The molecule has 0 aromatic heterocycles. The van der Waals surface area contributed by atoms with Gasteiger partial charge in [0.25, 0.3) is 0 Å². The van der Waals surface area contributed by atoms with Gasteiger partial charge in [0, 0.05) is 13.1 Å². The molecule has 9 heteroatoms. The Morgan fingerprint density at radius 2 is 2.04 bits per heavy atom. The molecule has 1 heterocycles. The molecule has 2 atom stereocenters. The minimum absolute atomic E-state index is 0.0459. The van der Waals surface area contributed by atoms with Crippen LogP contribution in [-0.4, -0.2) is 55.3 Å². The number of aliphatic carboxylic acids is 1. The van der Waals surface area contributed by atoms with Crippen LogP contribution >= 0.6 is 0 Å². The standard InChI is InChI=1S/C17H24N2O6S/c1-26(23,24)19-9-5-8-14(11-19)10-15(16(20)21)18-17(22)25-12-13-6-3-2-4-7-13/h2-4,6-7,14-15H,5,8-12H2,1H3,(H,18,22)(H,20,21). The van der Waals surface area contributed by atoms with Crippen molar-refractivity contribution < 1.29 is 27.9 Å². The van der Waals surface area contributed by atoms with Crippen molar-refractivity contribution in [2.75, 3.05) is 19.3 Å². The van der Waals surface area contributed by atoms with Crippen molar-refractivity contribution >= 4 is 22.1 Å². The van der Waals surface area contributed by atoms with Gasteiger partial charge in [0.1, 0.15) is 12.6 Å². The topological polar surface area (TPSA) is 113 Å². The zero-order valence-electron chi connectivity index (χ0n) is 14.6. The molecule has 1 aromatic rings. The summed E-state index contributed by atoms with van der Waals surface area (Å²) in [6.07, 6.45) is 1.88. The number of benzene rings is 1. The molecule has 0 aliphatic carbocycles. The third-order valence-corrected chi connectivity index (χ3v) is 5.59. The summed E-state index contributed by atoms with van der Waals surface area (Å²) in [4.78, 5) is 23.4. The average molecular weight is 384 g/mol. The number of hydrogen-bond acceptors (Lipinski definition) is 5. The van der Waals surface area contributed by atoms with Crippen LogP contribution in [0.25, 0.3) is 0 Å². The molecule has 1 aliphatic heterocycles. The van der Waals surface area contributed by atoms with Gasteiger partial charge in [0.15, 0.2) is 0 Å². The van der Waals surface area contributed by atoms with Crippen LogP contribution in [0.3, 0.4) is 0 Å². The van der Waals surface area contributed by atoms with E-state index in [0.717, 1.165) is 18.2 Å². The number of rotatable bonds is 7. The number of hydrogen-bond donors (Lipinski definition) is 2. The maximum atomic E-state index is 11.9. The van der Waals surface area contributed by atoms with E-state index in [1.165, 1.54) is 4.31 Å². The number of carboxylic acids is 1. The number of sulfonamides is 1. The Labute approximate surface area is 153 Å². The number of nitrogens with zero attached hydrogens (tertiary/aromatic N) is 1. The van der Waals surface area contributed by atoms with Crippen LogP contribution in [0.1, 0.15) is 24.8 Å². The van der Waals surface area contributed by atoms with Gasteiger partial charge in [-0.25, -0.2) is 22.3 Å². The smallest absolute Gasteiger partial charge is 0.408 e. The molecule has 2 unspecified atom stereocenters. The third-order valence-electron chi connectivity index (χ3n) is 4.32. The van der Waals surface area contributed by atoms with E-state index in [4.69, 9.17) is 4.74 Å². The monoisotopic (exact) mass is 384 g/mol. The Morgan fingerprint density at radius 3 is 2.65 bits per heavy atom. The molecule has 0 saturated carbocycles. The summed E-state index contributed by atoms with van der Waals surface area (Å²) in [6.45, 7) is 0.757. The van der Waals surface area contributed by atoms with Crippen molar-refractivity contribution in [3.8, 4) is 0 Å². The van der Waals surface area contributed by atoms with E-state index in [1.54, 1.807) is 12.1 Å². The largest absolute Gasteiger partial charge is 0.480 e. The summed E-state index contributed by atoms with van der Waals surface area (Å²) < 4.78 is 29.7. The van der Waals surface area contributed by atoms with Gasteiger partial charge < -0.3 is 15.2 Å². The van der Waals surface area contributed by atoms with Gasteiger partial charge in [-0.15, -0.1) is 0 Å². The van der Waals surface area contributed by atoms with E-state index in [2.05, 4.69) is 5.32 Å². The van der Waals surface area contributed by atoms with Crippen LogP contribution in [0.4, 0.5) is 4.79 Å². The van der Waals surface area contributed by atoms with Crippen LogP contribution in [0.5, 0.6) is 0 Å². The number of carboxylic acid groups (broad SMARTS) is 1. The number of alkyl carbamates (subject to hydrolysis) is 1. The fourth-order valence-electron chi connectivity index (χ4n) is 2.98. The van der Waals surface area contributed by atoms with Crippen LogP contribution in [0, 0.1) is 5.92 Å². The lowest BCUT2D eigenvalue weighted by Crippen LogP contribution is -2.46. The first-order chi connectivity index (χ1) is 12.3. The van der Waals surface area contributed by atoms with Crippen LogP contribution in [0.15, 0.2) is 30.3 Å². The van der Waals surface area contributed by atoms with Crippen molar-refractivity contribution in [1.29, 1.82) is 0 Å². The molecule has 2 N–H and O–H groups in total. The van der Waals surface area contributed by atoms with Gasteiger partial charge in [0.05, 0.1) is 6.26 Å². The van der Waals surface area contributed by atoms with E-state index in [0.29, 0.717) is 13.0 Å². The number of piperidine rings is 1. The SMILES string of the molecule is CS(=O)(=O)N1CCCC(CC(NC(=O)OCc2ccccc2)C(=O)O)C1. The van der Waals surface area contributed by atoms with E-state index in [1.807, 2.05) is 18.2 Å². The summed E-state index contributed by atoms with van der Waals surface area (Å²) in [6, 6.07) is 7.94. The fraction of sp³-hybridized carbons (Fsp3) is 0.529. The summed E-state index contributed by atoms with van der Waals surface area (Å²) >= 11 is 0. The fourth-order valence-corrected chi connectivity index (χ4v) is 3.92. The molecule has 1 fully saturated rings. The lowest BCUT2D eigenvalue weighted by atomic mass is 9.92. The number of carbonyl (C=O) groups is 2. The van der Waals surface area contributed by atoms with Crippen molar-refractivity contribution in [3.63, 3.8) is 0 Å². The van der Waals surface area contributed by atoms with E-state index >= 15 is 0 Å². The van der Waals surface area contributed by atoms with Crippen molar-refractivity contribution in [2.45, 2.75) is 31.9 Å². The Hall–Kier alpha value is -2.13. The Kier molecular flexibility index (Phi) is 6.98. The first-order valence-corrected chi connectivity index (χ1v) is 10.3. The summed E-state index contributed by atoms with van der Waals surface area (Å²) in [5, 5.41) is 11.7. The maximum Gasteiger partial charge on any atom is 0.408 e. The predicted octanol–water partition coefficient (Wildman–Crippen LogP) is 1.43. The molecular weight excluding hydrogens is 360 g/mol. The van der Waals surface area contributed by atoms with Gasteiger partial charge in [0.2, 0.25) is 10.0 Å². The highest BCUT2D eigenvalue weighted by Gasteiger charge is 2.30. The molecule has 2 rings (SSSR count). The lowest BCUT2D eigenvalue weighted by molar-refractivity contribution is -0.139. The Bertz CT molecular complexity index is 722. The summed E-state index contributed by atoms with van der Waals surface area (Å²) in [7, 11) is -3.30. The van der Waals surface area contributed by atoms with Crippen LogP contribution < -0.4 is 5.32 Å². The summed E-state index contributed by atoms with van der Waals surface area (Å²) in [5.41, 5.74) is 0.797. The molecule has 1 aromatic carbocycles. The second-order valence-corrected chi connectivity index (χ2v) is 8.44. The second kappa shape index (κ2) is 9.00. The molecule has 0 spiro atoms. The van der Waals surface area contributed by atoms with Gasteiger partial charge in [-0.05, 0) is 30.7 Å². The van der Waals surface area contributed by atoms with Gasteiger partial charge in [-0.1, -0.05) is 30.3 Å². The van der Waals surface area contributed by atoms with Gasteiger partial charge in [-0.2, -0.15) is 0 Å². The molecule has 0 radical (unpaired) electrons.